The van der Waals surface area contributed by atoms with Crippen LogP contribution in [-0.4, -0.2) is 29.4 Å². The van der Waals surface area contributed by atoms with E-state index in [4.69, 9.17) is 4.74 Å². The van der Waals surface area contributed by atoms with Gasteiger partial charge in [-0.15, -0.1) is 0 Å². The highest BCUT2D eigenvalue weighted by atomic mass is 16.5. The molecule has 0 aromatic rings. The maximum atomic E-state index is 13.4. The number of carbonyl (C=O) groups excluding carboxylic acids is 2. The fourth-order valence-corrected chi connectivity index (χ4v) is 13.2. The van der Waals surface area contributed by atoms with Gasteiger partial charge in [-0.3, -0.25) is 9.59 Å². The van der Waals surface area contributed by atoms with E-state index in [0.29, 0.717) is 36.0 Å². The lowest BCUT2D eigenvalue weighted by atomic mass is 9.36. The van der Waals surface area contributed by atoms with Gasteiger partial charge in [-0.2, -0.15) is 0 Å². The van der Waals surface area contributed by atoms with Crippen molar-refractivity contribution in [3.8, 4) is 0 Å². The van der Waals surface area contributed by atoms with Gasteiger partial charge in [0, 0.05) is 11.3 Å². The van der Waals surface area contributed by atoms with E-state index in [9.17, 15) is 19.5 Å². The van der Waals surface area contributed by atoms with Gasteiger partial charge >= 0.3 is 11.9 Å². The SMILES string of the molecule is C=C(C)[C@@H]1CCC2(C(=O)O)CCC3C(CCC4[C@@]3(C)CCC3C(C)(C)[C@@H](OC(=O)[C@@H]5C[C@H](C=O)C5(C)C)CC[C@@]34C)C12. The summed E-state index contributed by atoms with van der Waals surface area (Å²) in [6, 6.07) is 0. The number of aliphatic carboxylic acids is 1. The molecule has 0 spiro atoms. The first-order chi connectivity index (χ1) is 19.6. The summed E-state index contributed by atoms with van der Waals surface area (Å²) in [5.74, 6) is 1.82. The molecule has 6 unspecified atom stereocenters. The molecule has 6 rings (SSSR count). The molecule has 42 heavy (non-hydrogen) atoms. The van der Waals surface area contributed by atoms with E-state index in [2.05, 4.69) is 41.2 Å². The number of esters is 1. The Kier molecular flexibility index (Phi) is 7.00. The molecular formula is C37H56O5. The molecule has 0 aromatic carbocycles. The number of hydrogen-bond donors (Lipinski definition) is 1. The zero-order valence-electron chi connectivity index (χ0n) is 27.3. The highest BCUT2D eigenvalue weighted by Crippen LogP contribution is 2.74. The molecule has 0 radical (unpaired) electrons. The van der Waals surface area contributed by atoms with Crippen LogP contribution < -0.4 is 0 Å². The van der Waals surface area contributed by atoms with Gasteiger partial charge in [0.05, 0.1) is 11.3 Å². The van der Waals surface area contributed by atoms with Crippen LogP contribution in [0.15, 0.2) is 12.2 Å². The summed E-state index contributed by atoms with van der Waals surface area (Å²) in [7, 11) is 0. The highest BCUT2D eigenvalue weighted by molar-refractivity contribution is 5.78. The van der Waals surface area contributed by atoms with E-state index in [0.717, 1.165) is 57.7 Å². The van der Waals surface area contributed by atoms with Crippen molar-refractivity contribution in [1.82, 2.24) is 0 Å². The van der Waals surface area contributed by atoms with Gasteiger partial charge in [-0.05, 0) is 129 Å². The van der Waals surface area contributed by atoms with Crippen LogP contribution in [0.4, 0.5) is 0 Å². The summed E-state index contributed by atoms with van der Waals surface area (Å²) in [5, 5.41) is 10.6. The highest BCUT2D eigenvalue weighted by Gasteiger charge is 2.69. The first kappa shape index (κ1) is 30.4. The number of carbonyl (C=O) groups is 3. The van der Waals surface area contributed by atoms with Gasteiger partial charge < -0.3 is 14.6 Å². The van der Waals surface area contributed by atoms with Crippen LogP contribution in [0.1, 0.15) is 119 Å². The molecule has 234 valence electrons. The third kappa shape index (κ3) is 3.88. The largest absolute Gasteiger partial charge is 0.481 e. The maximum absolute atomic E-state index is 13.4. The lowest BCUT2D eigenvalue weighted by Gasteiger charge is -2.69. The van der Waals surface area contributed by atoms with Crippen molar-refractivity contribution in [2.24, 2.45) is 74.4 Å². The van der Waals surface area contributed by atoms with E-state index in [1.54, 1.807) is 0 Å². The van der Waals surface area contributed by atoms with Crippen molar-refractivity contribution >= 4 is 18.2 Å². The first-order valence-corrected chi connectivity index (χ1v) is 17.1. The molecule has 0 aliphatic heterocycles. The van der Waals surface area contributed by atoms with Gasteiger partial charge in [0.2, 0.25) is 0 Å². The van der Waals surface area contributed by atoms with Gasteiger partial charge in [0.25, 0.3) is 0 Å². The van der Waals surface area contributed by atoms with Crippen LogP contribution in [0.2, 0.25) is 0 Å². The van der Waals surface area contributed by atoms with Crippen molar-refractivity contribution in [3.05, 3.63) is 12.2 Å². The monoisotopic (exact) mass is 580 g/mol. The second-order valence-electron chi connectivity index (χ2n) is 17.7. The van der Waals surface area contributed by atoms with E-state index in [-0.39, 0.29) is 51.5 Å². The Hall–Kier alpha value is -1.65. The predicted octanol–water partition coefficient (Wildman–Crippen LogP) is 8.11. The van der Waals surface area contributed by atoms with Crippen LogP contribution in [0.3, 0.4) is 0 Å². The number of carboxylic acid groups (broad SMARTS) is 1. The predicted molar refractivity (Wildman–Crippen MR) is 163 cm³/mol. The molecule has 5 heteroatoms. The summed E-state index contributed by atoms with van der Waals surface area (Å²) < 4.78 is 6.38. The summed E-state index contributed by atoms with van der Waals surface area (Å²) in [5.41, 5.74) is 0.611. The Bertz CT molecular complexity index is 1170. The molecule has 6 fully saturated rings. The summed E-state index contributed by atoms with van der Waals surface area (Å²) in [6.45, 7) is 20.4. The van der Waals surface area contributed by atoms with Crippen LogP contribution in [0, 0.1) is 74.4 Å². The van der Waals surface area contributed by atoms with Crippen molar-refractivity contribution < 1.29 is 24.2 Å². The molecule has 0 amide bonds. The quantitative estimate of drug-likeness (QED) is 0.202. The van der Waals surface area contributed by atoms with Crippen molar-refractivity contribution in [3.63, 3.8) is 0 Å². The van der Waals surface area contributed by atoms with Crippen molar-refractivity contribution in [2.45, 2.75) is 125 Å². The third-order valence-corrected chi connectivity index (χ3v) is 15.6. The molecule has 0 bridgehead atoms. The Morgan fingerprint density at radius 3 is 2.12 bits per heavy atom. The number of fused-ring (bicyclic) bond motifs is 7. The molecule has 6 saturated carbocycles. The number of carboxylic acids is 1. The summed E-state index contributed by atoms with van der Waals surface area (Å²) in [4.78, 5) is 37.7. The second kappa shape index (κ2) is 9.67. The van der Waals surface area contributed by atoms with E-state index in [1.165, 1.54) is 18.4 Å². The molecule has 6 aliphatic rings. The van der Waals surface area contributed by atoms with Crippen LogP contribution in [0.25, 0.3) is 0 Å². The molecule has 0 aromatic heterocycles. The molecule has 0 heterocycles. The van der Waals surface area contributed by atoms with Gasteiger partial charge in [0.15, 0.2) is 0 Å². The molecule has 0 saturated heterocycles. The number of rotatable bonds is 5. The Morgan fingerprint density at radius 2 is 1.50 bits per heavy atom. The third-order valence-electron chi connectivity index (χ3n) is 15.6. The number of hydrogen-bond acceptors (Lipinski definition) is 4. The van der Waals surface area contributed by atoms with Crippen molar-refractivity contribution in [2.75, 3.05) is 0 Å². The molecule has 6 aliphatic carbocycles. The zero-order valence-corrected chi connectivity index (χ0v) is 27.3. The molecule has 12 atom stereocenters. The van der Waals surface area contributed by atoms with Gasteiger partial charge in [-0.25, -0.2) is 0 Å². The van der Waals surface area contributed by atoms with Gasteiger partial charge in [0.1, 0.15) is 12.4 Å². The van der Waals surface area contributed by atoms with E-state index in [1.807, 2.05) is 13.8 Å². The smallest absolute Gasteiger partial charge is 0.309 e. The molecule has 5 nitrogen and oxygen atoms in total. The lowest BCUT2D eigenvalue weighted by molar-refractivity contribution is -0.227. The topological polar surface area (TPSA) is 80.7 Å². The lowest BCUT2D eigenvalue weighted by Crippen LogP contribution is -2.64. The first-order valence-electron chi connectivity index (χ1n) is 17.1. The van der Waals surface area contributed by atoms with Crippen molar-refractivity contribution in [1.29, 1.82) is 0 Å². The summed E-state index contributed by atoms with van der Waals surface area (Å²) >= 11 is 0. The van der Waals surface area contributed by atoms with Crippen LogP contribution >= 0.6 is 0 Å². The Morgan fingerprint density at radius 1 is 0.833 bits per heavy atom. The normalized spacial score (nSPS) is 50.1. The van der Waals surface area contributed by atoms with E-state index >= 15 is 0 Å². The zero-order chi connectivity index (χ0) is 30.6. The number of ether oxygens (including phenoxy) is 1. The average Bonchev–Trinajstić information content (AvgIpc) is 3.32. The minimum absolute atomic E-state index is 0.0563. The second-order valence-corrected chi connectivity index (χ2v) is 17.7. The summed E-state index contributed by atoms with van der Waals surface area (Å²) in [6.07, 6.45) is 11.9. The minimum Gasteiger partial charge on any atom is -0.481 e. The fourth-order valence-electron chi connectivity index (χ4n) is 13.2. The average molecular weight is 581 g/mol. The maximum Gasteiger partial charge on any atom is 0.309 e. The Balaban J connectivity index is 1.23. The molecular weight excluding hydrogens is 524 g/mol. The number of aldehydes is 1. The van der Waals surface area contributed by atoms with Crippen LogP contribution in [-0.2, 0) is 19.1 Å². The molecule has 1 N–H and O–H groups in total. The minimum atomic E-state index is -0.556. The van der Waals surface area contributed by atoms with E-state index < -0.39 is 11.4 Å². The standard InChI is InChI=1S/C37H56O5/c1-21(2)23-11-17-37(32(40)41)18-12-25-24(30(23)37)9-10-28-35(25,7)15-13-27-34(5,6)29(14-16-36(27,28)8)42-31(39)26-19-22(20-38)33(26,3)4/h20,22-30H,1,9-19H2,2-8H3,(H,40,41)/t22-,23+,24?,25?,26+,27?,28?,29+,30?,35+,36+,37?/m1/s1. The van der Waals surface area contributed by atoms with Gasteiger partial charge in [-0.1, -0.05) is 53.7 Å². The fraction of sp³-hybridized carbons (Fsp3) is 0.865. The Labute approximate surface area is 254 Å². The number of allylic oxidation sites excluding steroid dienone is 1. The van der Waals surface area contributed by atoms with Crippen LogP contribution in [0.5, 0.6) is 0 Å².